The average molecular weight is 303 g/mol. The fourth-order valence-corrected chi connectivity index (χ4v) is 2.87. The molecule has 0 aliphatic rings. The summed E-state index contributed by atoms with van der Waals surface area (Å²) >= 11 is 1.41. The molecule has 5 heteroatoms. The van der Waals surface area contributed by atoms with E-state index in [9.17, 15) is 9.59 Å². The predicted octanol–water partition coefficient (Wildman–Crippen LogP) is 3.05. The minimum atomic E-state index is -0.316. The van der Waals surface area contributed by atoms with Crippen LogP contribution in [0.2, 0.25) is 0 Å². The molecule has 0 bridgehead atoms. The van der Waals surface area contributed by atoms with Crippen molar-refractivity contribution in [1.82, 2.24) is 4.90 Å². The van der Waals surface area contributed by atoms with Crippen LogP contribution in [0.3, 0.4) is 0 Å². The summed E-state index contributed by atoms with van der Waals surface area (Å²) in [6.07, 6.45) is 0.199. The van der Waals surface area contributed by atoms with Crippen LogP contribution in [0.1, 0.15) is 16.1 Å². The summed E-state index contributed by atoms with van der Waals surface area (Å²) in [4.78, 5) is 25.9. The maximum atomic E-state index is 12.5. The number of hydrogen-bond donors (Lipinski definition) is 0. The number of hydrogen-bond acceptors (Lipinski definition) is 4. The summed E-state index contributed by atoms with van der Waals surface area (Å²) in [5, 5.41) is 1.91. The van der Waals surface area contributed by atoms with Gasteiger partial charge in [-0.15, -0.1) is 11.3 Å². The van der Waals surface area contributed by atoms with Gasteiger partial charge in [-0.25, -0.2) is 0 Å². The number of carbonyl (C=O) groups is 2. The smallest absolute Gasteiger partial charge is 0.307 e. The Bertz CT molecular complexity index is 621. The molecule has 0 N–H and O–H groups in total. The van der Waals surface area contributed by atoms with Crippen LogP contribution < -0.4 is 0 Å². The molecule has 0 aliphatic heterocycles. The molecular weight excluding hydrogens is 286 g/mol. The Kier molecular flexibility index (Phi) is 5.11. The normalized spacial score (nSPS) is 10.2. The van der Waals surface area contributed by atoms with Gasteiger partial charge in [0.1, 0.15) is 0 Å². The first-order valence-electron chi connectivity index (χ1n) is 6.58. The van der Waals surface area contributed by atoms with Crippen LogP contribution in [0.5, 0.6) is 0 Å². The first-order valence-corrected chi connectivity index (χ1v) is 7.46. The Hall–Kier alpha value is -2.14. The van der Waals surface area contributed by atoms with E-state index < -0.39 is 0 Å². The SMILES string of the molecule is COC(=O)CCN(C)C(=O)c1sccc1-c1ccccc1. The Morgan fingerprint density at radius 3 is 2.57 bits per heavy atom. The lowest BCUT2D eigenvalue weighted by atomic mass is 10.1. The van der Waals surface area contributed by atoms with Crippen LogP contribution in [0.25, 0.3) is 11.1 Å². The quantitative estimate of drug-likeness (QED) is 0.798. The Balaban J connectivity index is 2.14. The standard InChI is InChI=1S/C16H17NO3S/c1-17(10-8-14(18)20-2)16(19)15-13(9-11-21-15)12-6-4-3-5-7-12/h3-7,9,11H,8,10H2,1-2H3. The van der Waals surface area contributed by atoms with E-state index in [1.54, 1.807) is 11.9 Å². The zero-order valence-electron chi connectivity index (χ0n) is 12.0. The van der Waals surface area contributed by atoms with Crippen molar-refractivity contribution >= 4 is 23.2 Å². The van der Waals surface area contributed by atoms with Gasteiger partial charge in [0.05, 0.1) is 18.4 Å². The zero-order valence-corrected chi connectivity index (χ0v) is 12.9. The number of carbonyl (C=O) groups excluding carboxylic acids is 2. The minimum Gasteiger partial charge on any atom is -0.469 e. The van der Waals surface area contributed by atoms with Crippen molar-refractivity contribution in [2.24, 2.45) is 0 Å². The molecule has 2 aromatic rings. The summed E-state index contributed by atoms with van der Waals surface area (Å²) in [6, 6.07) is 11.7. The average Bonchev–Trinajstić information content (AvgIpc) is 3.01. The molecule has 0 atom stereocenters. The van der Waals surface area contributed by atoms with Gasteiger partial charge in [-0.1, -0.05) is 30.3 Å². The summed E-state index contributed by atoms with van der Waals surface area (Å²) in [7, 11) is 3.04. The second kappa shape index (κ2) is 7.04. The van der Waals surface area contributed by atoms with Crippen LogP contribution in [0.4, 0.5) is 0 Å². The van der Waals surface area contributed by atoms with Crippen LogP contribution in [0, 0.1) is 0 Å². The van der Waals surface area contributed by atoms with E-state index in [0.717, 1.165) is 11.1 Å². The number of thiophene rings is 1. The van der Waals surface area contributed by atoms with Crippen molar-refractivity contribution in [3.8, 4) is 11.1 Å². The molecular formula is C16H17NO3S. The highest BCUT2D eigenvalue weighted by Gasteiger charge is 2.18. The van der Waals surface area contributed by atoms with Gasteiger partial charge in [-0.05, 0) is 17.0 Å². The predicted molar refractivity (Wildman–Crippen MR) is 83.3 cm³/mol. The molecule has 0 fully saturated rings. The number of methoxy groups -OCH3 is 1. The number of nitrogens with zero attached hydrogens (tertiary/aromatic N) is 1. The molecule has 1 aromatic carbocycles. The molecule has 2 rings (SSSR count). The number of amides is 1. The minimum absolute atomic E-state index is 0.0762. The first kappa shape index (κ1) is 15.3. The monoisotopic (exact) mass is 303 g/mol. The number of esters is 1. The second-order valence-electron chi connectivity index (χ2n) is 4.58. The van der Waals surface area contributed by atoms with E-state index >= 15 is 0 Å². The summed E-state index contributed by atoms with van der Waals surface area (Å²) in [5.41, 5.74) is 1.94. The van der Waals surface area contributed by atoms with Gasteiger partial charge in [0.15, 0.2) is 0 Å². The van der Waals surface area contributed by atoms with Crippen molar-refractivity contribution in [3.05, 3.63) is 46.7 Å². The van der Waals surface area contributed by atoms with Gasteiger partial charge in [0.2, 0.25) is 0 Å². The lowest BCUT2D eigenvalue weighted by molar-refractivity contribution is -0.140. The van der Waals surface area contributed by atoms with Crippen molar-refractivity contribution in [1.29, 1.82) is 0 Å². The molecule has 0 unspecified atom stereocenters. The van der Waals surface area contributed by atoms with E-state index in [2.05, 4.69) is 4.74 Å². The Morgan fingerprint density at radius 1 is 1.19 bits per heavy atom. The first-order chi connectivity index (χ1) is 10.1. The lowest BCUT2D eigenvalue weighted by Gasteiger charge is -2.16. The van der Waals surface area contributed by atoms with Crippen LogP contribution >= 0.6 is 11.3 Å². The molecule has 0 saturated carbocycles. The molecule has 0 radical (unpaired) electrons. The third-order valence-corrected chi connectivity index (χ3v) is 4.07. The zero-order chi connectivity index (χ0) is 15.2. The lowest BCUT2D eigenvalue weighted by Crippen LogP contribution is -2.29. The van der Waals surface area contributed by atoms with Crippen molar-refractivity contribution < 1.29 is 14.3 Å². The summed E-state index contributed by atoms with van der Waals surface area (Å²) in [5.74, 6) is -0.392. The molecule has 1 aromatic heterocycles. The van der Waals surface area contributed by atoms with Crippen LogP contribution in [-0.4, -0.2) is 37.5 Å². The molecule has 0 aliphatic carbocycles. The summed E-state index contributed by atoms with van der Waals surface area (Å²) in [6.45, 7) is 0.345. The maximum absolute atomic E-state index is 12.5. The van der Waals surface area contributed by atoms with Gasteiger partial charge in [-0.3, -0.25) is 9.59 Å². The van der Waals surface area contributed by atoms with Crippen molar-refractivity contribution in [2.75, 3.05) is 20.7 Å². The molecule has 4 nitrogen and oxygen atoms in total. The van der Waals surface area contributed by atoms with Gasteiger partial charge in [-0.2, -0.15) is 0 Å². The largest absolute Gasteiger partial charge is 0.469 e. The molecule has 0 saturated heterocycles. The third-order valence-electron chi connectivity index (χ3n) is 3.17. The molecule has 1 amide bonds. The number of benzene rings is 1. The molecule has 0 spiro atoms. The molecule has 1 heterocycles. The van der Waals surface area contributed by atoms with E-state index in [0.29, 0.717) is 11.4 Å². The van der Waals surface area contributed by atoms with E-state index in [1.807, 2.05) is 41.8 Å². The second-order valence-corrected chi connectivity index (χ2v) is 5.50. The van der Waals surface area contributed by atoms with Crippen molar-refractivity contribution in [3.63, 3.8) is 0 Å². The molecule has 110 valence electrons. The highest BCUT2D eigenvalue weighted by atomic mass is 32.1. The molecule has 21 heavy (non-hydrogen) atoms. The van der Waals surface area contributed by atoms with E-state index in [-0.39, 0.29) is 18.3 Å². The number of ether oxygens (including phenoxy) is 1. The van der Waals surface area contributed by atoms with E-state index in [1.165, 1.54) is 18.4 Å². The fourth-order valence-electron chi connectivity index (χ4n) is 1.96. The summed E-state index contributed by atoms with van der Waals surface area (Å²) < 4.78 is 4.59. The van der Waals surface area contributed by atoms with Gasteiger partial charge in [0.25, 0.3) is 5.91 Å². The van der Waals surface area contributed by atoms with Gasteiger partial charge >= 0.3 is 5.97 Å². The van der Waals surface area contributed by atoms with Gasteiger partial charge < -0.3 is 9.64 Å². The Morgan fingerprint density at radius 2 is 1.90 bits per heavy atom. The van der Waals surface area contributed by atoms with Crippen molar-refractivity contribution in [2.45, 2.75) is 6.42 Å². The Labute approximate surface area is 128 Å². The number of rotatable bonds is 5. The van der Waals surface area contributed by atoms with Crippen LogP contribution in [-0.2, 0) is 9.53 Å². The maximum Gasteiger partial charge on any atom is 0.307 e. The highest BCUT2D eigenvalue weighted by molar-refractivity contribution is 7.12. The van der Waals surface area contributed by atoms with Gasteiger partial charge in [0, 0.05) is 19.2 Å². The topological polar surface area (TPSA) is 46.6 Å². The van der Waals surface area contributed by atoms with Crippen LogP contribution in [0.15, 0.2) is 41.8 Å². The third kappa shape index (κ3) is 3.70. The highest BCUT2D eigenvalue weighted by Crippen LogP contribution is 2.29. The fraction of sp³-hybridized carbons (Fsp3) is 0.250. The van der Waals surface area contributed by atoms with E-state index in [4.69, 9.17) is 0 Å².